The molecule has 2 heterocycles. The Balaban J connectivity index is 1.67. The maximum absolute atomic E-state index is 6.27. The number of hydrogen-bond acceptors (Lipinski definition) is 3. The second-order valence-electron chi connectivity index (χ2n) is 9.02. The summed E-state index contributed by atoms with van der Waals surface area (Å²) < 4.78 is 0. The van der Waals surface area contributed by atoms with Gasteiger partial charge in [0.1, 0.15) is 5.82 Å². The number of aryl methyl sites for hydroxylation is 2. The number of H-pyrrole nitrogens is 1. The Kier molecular flexibility index (Phi) is 6.61. The Hall–Kier alpha value is -2.07. The Morgan fingerprint density at radius 1 is 1.00 bits per heavy atom. The molecule has 4 heteroatoms. The Labute approximate surface area is 169 Å². The third-order valence-corrected chi connectivity index (χ3v) is 5.32. The number of hydrogen-bond donors (Lipinski definition) is 3. The van der Waals surface area contributed by atoms with Crippen molar-refractivity contribution in [3.8, 4) is 0 Å². The molecule has 0 atom stereocenters. The van der Waals surface area contributed by atoms with Crippen LogP contribution in [0.1, 0.15) is 71.1 Å². The third-order valence-electron chi connectivity index (χ3n) is 5.32. The molecule has 1 aromatic carbocycles. The number of nitrogen functional groups attached to an aromatic ring is 1. The van der Waals surface area contributed by atoms with Crippen LogP contribution < -0.4 is 11.1 Å². The van der Waals surface area contributed by atoms with E-state index < -0.39 is 0 Å². The average molecular weight is 381 g/mol. The number of rotatable bonds is 9. The van der Waals surface area contributed by atoms with Gasteiger partial charge in [-0.3, -0.25) is 0 Å². The topological polar surface area (TPSA) is 66.7 Å². The molecule has 0 spiro atoms. The first kappa shape index (κ1) is 20.7. The quantitative estimate of drug-likeness (QED) is 0.415. The fourth-order valence-corrected chi connectivity index (χ4v) is 3.75. The zero-order valence-corrected chi connectivity index (χ0v) is 18.0. The van der Waals surface area contributed by atoms with E-state index in [-0.39, 0.29) is 5.54 Å². The number of nitrogens with one attached hydrogen (secondary N) is 2. The van der Waals surface area contributed by atoms with Gasteiger partial charge in [0, 0.05) is 22.0 Å². The molecule has 28 heavy (non-hydrogen) atoms. The van der Waals surface area contributed by atoms with Gasteiger partial charge in [0.15, 0.2) is 0 Å². The Morgan fingerprint density at radius 2 is 1.82 bits per heavy atom. The molecule has 0 unspecified atom stereocenters. The van der Waals surface area contributed by atoms with E-state index in [1.807, 2.05) is 0 Å². The van der Waals surface area contributed by atoms with Crippen LogP contribution >= 0.6 is 0 Å². The Morgan fingerprint density at radius 3 is 2.57 bits per heavy atom. The summed E-state index contributed by atoms with van der Waals surface area (Å²) in [5, 5.41) is 5.78. The summed E-state index contributed by atoms with van der Waals surface area (Å²) in [4.78, 5) is 8.28. The van der Waals surface area contributed by atoms with Crippen molar-refractivity contribution in [1.82, 2.24) is 15.3 Å². The van der Waals surface area contributed by atoms with Crippen molar-refractivity contribution < 1.29 is 0 Å². The molecule has 0 aliphatic heterocycles. The molecule has 0 saturated heterocycles. The van der Waals surface area contributed by atoms with Crippen molar-refractivity contribution in [3.05, 3.63) is 35.5 Å². The van der Waals surface area contributed by atoms with Crippen molar-refractivity contribution in [2.24, 2.45) is 0 Å². The number of benzene rings is 1. The van der Waals surface area contributed by atoms with E-state index in [1.165, 1.54) is 48.7 Å². The number of fused-ring (bicyclic) bond motifs is 3. The van der Waals surface area contributed by atoms with Crippen LogP contribution in [0.25, 0.3) is 21.8 Å². The lowest BCUT2D eigenvalue weighted by Crippen LogP contribution is -2.36. The molecule has 0 saturated carbocycles. The van der Waals surface area contributed by atoms with Gasteiger partial charge in [-0.05, 0) is 77.1 Å². The number of nitrogens with zero attached hydrogens (tertiary/aromatic N) is 1. The standard InChI is InChI=1S/C24H36N4/c1-5-6-11-18-16-20-22(27-18)19-13-12-17(15-21(19)28-23(20)25)10-8-7-9-14-26-24(2,3)4/h12-13,15-16,26-27H,5-11,14H2,1-4H3,(H2,25,28). The minimum Gasteiger partial charge on any atom is -0.383 e. The third kappa shape index (κ3) is 5.26. The smallest absolute Gasteiger partial charge is 0.133 e. The van der Waals surface area contributed by atoms with Crippen LogP contribution in [0, 0.1) is 0 Å². The predicted octanol–water partition coefficient (Wildman–Crippen LogP) is 5.74. The fraction of sp³-hybridized carbons (Fsp3) is 0.542. The molecular formula is C24H36N4. The lowest BCUT2D eigenvalue weighted by molar-refractivity contribution is 0.417. The molecule has 0 aliphatic rings. The molecule has 0 radical (unpaired) electrons. The second kappa shape index (κ2) is 8.95. The summed E-state index contributed by atoms with van der Waals surface area (Å²) in [7, 11) is 0. The number of aromatic nitrogens is 2. The number of anilines is 1. The van der Waals surface area contributed by atoms with Crippen molar-refractivity contribution in [1.29, 1.82) is 0 Å². The van der Waals surface area contributed by atoms with Gasteiger partial charge >= 0.3 is 0 Å². The maximum Gasteiger partial charge on any atom is 0.133 e. The van der Waals surface area contributed by atoms with Crippen LogP contribution in [0.3, 0.4) is 0 Å². The summed E-state index contributed by atoms with van der Waals surface area (Å²) in [5.41, 5.74) is 11.2. The molecule has 3 rings (SSSR count). The van der Waals surface area contributed by atoms with E-state index in [0.717, 1.165) is 35.8 Å². The van der Waals surface area contributed by atoms with Gasteiger partial charge < -0.3 is 16.0 Å². The number of unbranched alkanes of at least 4 members (excludes halogenated alkanes) is 3. The van der Waals surface area contributed by atoms with Crippen LogP contribution in [-0.2, 0) is 12.8 Å². The van der Waals surface area contributed by atoms with Crippen molar-refractivity contribution >= 4 is 27.6 Å². The molecule has 4 nitrogen and oxygen atoms in total. The van der Waals surface area contributed by atoms with E-state index >= 15 is 0 Å². The fourth-order valence-electron chi connectivity index (χ4n) is 3.75. The second-order valence-corrected chi connectivity index (χ2v) is 9.02. The summed E-state index contributed by atoms with van der Waals surface area (Å²) in [5.74, 6) is 0.631. The highest BCUT2D eigenvalue weighted by Gasteiger charge is 2.11. The SMILES string of the molecule is CCCCc1cc2c(N)nc3cc(CCCCCNC(C)(C)C)ccc3c2[nH]1. The van der Waals surface area contributed by atoms with E-state index in [2.05, 4.69) is 62.3 Å². The largest absolute Gasteiger partial charge is 0.383 e. The van der Waals surface area contributed by atoms with E-state index in [4.69, 9.17) is 10.7 Å². The number of aromatic amines is 1. The summed E-state index contributed by atoms with van der Waals surface area (Å²) in [6, 6.07) is 8.84. The molecule has 4 N–H and O–H groups in total. The van der Waals surface area contributed by atoms with Gasteiger partial charge in [-0.1, -0.05) is 31.9 Å². The van der Waals surface area contributed by atoms with Gasteiger partial charge in [0.05, 0.1) is 11.0 Å². The normalized spacial score (nSPS) is 12.3. The minimum absolute atomic E-state index is 0.212. The lowest BCUT2D eigenvalue weighted by atomic mass is 10.0. The van der Waals surface area contributed by atoms with Gasteiger partial charge in [0.25, 0.3) is 0 Å². The molecule has 0 aliphatic carbocycles. The van der Waals surface area contributed by atoms with Crippen molar-refractivity contribution in [2.45, 2.75) is 78.2 Å². The first-order valence-corrected chi connectivity index (χ1v) is 10.8. The van der Waals surface area contributed by atoms with Gasteiger partial charge in [-0.15, -0.1) is 0 Å². The van der Waals surface area contributed by atoms with Crippen LogP contribution in [0.4, 0.5) is 5.82 Å². The highest BCUT2D eigenvalue weighted by atomic mass is 14.9. The highest BCUT2D eigenvalue weighted by Crippen LogP contribution is 2.29. The zero-order valence-electron chi connectivity index (χ0n) is 18.0. The summed E-state index contributed by atoms with van der Waals surface area (Å²) >= 11 is 0. The molecule has 0 bridgehead atoms. The Bertz CT molecular complexity index is 918. The van der Waals surface area contributed by atoms with E-state index in [9.17, 15) is 0 Å². The maximum atomic E-state index is 6.27. The van der Waals surface area contributed by atoms with Gasteiger partial charge in [-0.2, -0.15) is 0 Å². The lowest BCUT2D eigenvalue weighted by Gasteiger charge is -2.20. The first-order chi connectivity index (χ1) is 13.4. The van der Waals surface area contributed by atoms with Gasteiger partial charge in [-0.25, -0.2) is 4.98 Å². The van der Waals surface area contributed by atoms with Crippen molar-refractivity contribution in [2.75, 3.05) is 12.3 Å². The molecule has 0 fully saturated rings. The highest BCUT2D eigenvalue weighted by molar-refractivity contribution is 6.08. The zero-order chi connectivity index (χ0) is 20.1. The van der Waals surface area contributed by atoms with E-state index in [0.29, 0.717) is 5.82 Å². The van der Waals surface area contributed by atoms with Crippen LogP contribution in [0.2, 0.25) is 0 Å². The van der Waals surface area contributed by atoms with Crippen LogP contribution in [0.15, 0.2) is 24.3 Å². The molecular weight excluding hydrogens is 344 g/mol. The van der Waals surface area contributed by atoms with E-state index in [1.54, 1.807) is 0 Å². The monoisotopic (exact) mass is 380 g/mol. The van der Waals surface area contributed by atoms with Gasteiger partial charge in [0.2, 0.25) is 0 Å². The minimum atomic E-state index is 0.212. The summed E-state index contributed by atoms with van der Waals surface area (Å²) in [6.45, 7) is 9.96. The first-order valence-electron chi connectivity index (χ1n) is 10.8. The molecule has 2 aromatic heterocycles. The predicted molar refractivity (Wildman–Crippen MR) is 122 cm³/mol. The van der Waals surface area contributed by atoms with Crippen LogP contribution in [0.5, 0.6) is 0 Å². The van der Waals surface area contributed by atoms with Crippen LogP contribution in [-0.4, -0.2) is 22.1 Å². The number of nitrogens with two attached hydrogens (primary N) is 1. The van der Waals surface area contributed by atoms with Crippen molar-refractivity contribution in [3.63, 3.8) is 0 Å². The summed E-state index contributed by atoms with van der Waals surface area (Å²) in [6.07, 6.45) is 8.21. The molecule has 0 amide bonds. The average Bonchev–Trinajstić information content (AvgIpc) is 3.07. The number of pyridine rings is 1. The molecule has 3 aromatic rings. The molecule has 152 valence electrons.